The lowest BCUT2D eigenvalue weighted by atomic mass is 9.80. The maximum atomic E-state index is 11.9. The van der Waals surface area contributed by atoms with E-state index in [0.717, 1.165) is 12.8 Å². The highest BCUT2D eigenvalue weighted by molar-refractivity contribution is 5.78. The number of carbonyl (C=O) groups is 2. The van der Waals surface area contributed by atoms with Gasteiger partial charge in [-0.2, -0.15) is 0 Å². The van der Waals surface area contributed by atoms with E-state index in [0.29, 0.717) is 38.5 Å². The summed E-state index contributed by atoms with van der Waals surface area (Å²) in [4.78, 5) is 23.4. The van der Waals surface area contributed by atoms with E-state index >= 15 is 0 Å². The van der Waals surface area contributed by atoms with Crippen molar-refractivity contribution in [3.63, 3.8) is 0 Å². The van der Waals surface area contributed by atoms with Crippen LogP contribution in [0.25, 0.3) is 0 Å². The molecule has 3 N–H and O–H groups in total. The highest BCUT2D eigenvalue weighted by Gasteiger charge is 2.45. The van der Waals surface area contributed by atoms with Gasteiger partial charge in [-0.05, 0) is 37.0 Å². The molecule has 0 bridgehead atoms. The number of ether oxygens (including phenoxy) is 1. The molecule has 2 aliphatic rings. The second kappa shape index (κ2) is 6.22. The van der Waals surface area contributed by atoms with Crippen molar-refractivity contribution in [1.29, 1.82) is 0 Å². The normalized spacial score (nSPS) is 22.6. The molecule has 0 radical (unpaired) electrons. The molecule has 0 aromatic rings. The SMILES string of the molecule is CC(C)C1(CNC(=O)NCC2(C(=O)O)CCOCC2)CC1. The summed E-state index contributed by atoms with van der Waals surface area (Å²) in [5.74, 6) is -0.300. The van der Waals surface area contributed by atoms with Crippen LogP contribution in [0.4, 0.5) is 4.79 Å². The largest absolute Gasteiger partial charge is 0.481 e. The van der Waals surface area contributed by atoms with E-state index < -0.39 is 11.4 Å². The number of amides is 2. The number of hydrogen-bond acceptors (Lipinski definition) is 3. The molecule has 21 heavy (non-hydrogen) atoms. The first-order valence-corrected chi connectivity index (χ1v) is 7.73. The van der Waals surface area contributed by atoms with Gasteiger partial charge in [0.15, 0.2) is 0 Å². The minimum atomic E-state index is -0.884. The van der Waals surface area contributed by atoms with Crippen LogP contribution >= 0.6 is 0 Å². The quantitative estimate of drug-likeness (QED) is 0.695. The van der Waals surface area contributed by atoms with Crippen molar-refractivity contribution in [2.45, 2.75) is 39.5 Å². The van der Waals surface area contributed by atoms with Crippen molar-refractivity contribution in [3.8, 4) is 0 Å². The zero-order valence-electron chi connectivity index (χ0n) is 12.9. The lowest BCUT2D eigenvalue weighted by molar-refractivity contribution is -0.154. The van der Waals surface area contributed by atoms with Gasteiger partial charge < -0.3 is 20.5 Å². The Balaban J connectivity index is 1.78. The van der Waals surface area contributed by atoms with Crippen LogP contribution in [0.2, 0.25) is 0 Å². The fraction of sp³-hybridized carbons (Fsp3) is 0.867. The summed E-state index contributed by atoms with van der Waals surface area (Å²) < 4.78 is 5.22. The molecule has 1 aliphatic carbocycles. The number of nitrogens with one attached hydrogen (secondary N) is 2. The number of hydrogen-bond donors (Lipinski definition) is 3. The second-order valence-electron chi connectivity index (χ2n) is 6.75. The number of urea groups is 1. The first kappa shape index (κ1) is 16.1. The number of carboxylic acid groups (broad SMARTS) is 1. The van der Waals surface area contributed by atoms with Gasteiger partial charge >= 0.3 is 12.0 Å². The minimum absolute atomic E-state index is 0.159. The molecule has 1 saturated carbocycles. The highest BCUT2D eigenvalue weighted by atomic mass is 16.5. The standard InChI is InChI=1S/C15H26N2O4/c1-11(2)14(3-4-14)9-16-13(20)17-10-15(12(18)19)5-7-21-8-6-15/h11H,3-10H2,1-2H3,(H,18,19)(H2,16,17,20). The smallest absolute Gasteiger partial charge is 0.314 e. The van der Waals surface area contributed by atoms with Crippen LogP contribution in [0.5, 0.6) is 0 Å². The minimum Gasteiger partial charge on any atom is -0.481 e. The fourth-order valence-electron chi connectivity index (χ4n) is 2.92. The van der Waals surface area contributed by atoms with Gasteiger partial charge in [0.2, 0.25) is 0 Å². The van der Waals surface area contributed by atoms with Crippen LogP contribution in [0.3, 0.4) is 0 Å². The molecule has 120 valence electrons. The van der Waals surface area contributed by atoms with Crippen molar-refractivity contribution in [1.82, 2.24) is 10.6 Å². The molecule has 2 fully saturated rings. The molecule has 1 aliphatic heterocycles. The third-order valence-corrected chi connectivity index (χ3v) is 5.21. The first-order chi connectivity index (χ1) is 9.90. The summed E-state index contributed by atoms with van der Waals surface area (Å²) in [6, 6.07) is -0.269. The Hall–Kier alpha value is -1.30. The van der Waals surface area contributed by atoms with E-state index in [9.17, 15) is 14.7 Å². The summed E-state index contributed by atoms with van der Waals surface area (Å²) in [5, 5.41) is 15.0. The van der Waals surface area contributed by atoms with Crippen LogP contribution in [0.1, 0.15) is 39.5 Å². The van der Waals surface area contributed by atoms with Gasteiger partial charge in [0, 0.05) is 26.3 Å². The molecule has 1 heterocycles. The summed E-state index contributed by atoms with van der Waals surface area (Å²) >= 11 is 0. The summed E-state index contributed by atoms with van der Waals surface area (Å²) in [5.41, 5.74) is -0.634. The van der Waals surface area contributed by atoms with Crippen LogP contribution in [-0.4, -0.2) is 43.4 Å². The monoisotopic (exact) mass is 298 g/mol. The van der Waals surface area contributed by atoms with Crippen molar-refractivity contribution in [2.75, 3.05) is 26.3 Å². The number of carboxylic acids is 1. The van der Waals surface area contributed by atoms with E-state index in [1.807, 2.05) is 0 Å². The first-order valence-electron chi connectivity index (χ1n) is 7.73. The maximum Gasteiger partial charge on any atom is 0.314 e. The average Bonchev–Trinajstić information content (AvgIpc) is 3.25. The summed E-state index contributed by atoms with van der Waals surface area (Å²) in [7, 11) is 0. The molecule has 1 saturated heterocycles. The second-order valence-corrected chi connectivity index (χ2v) is 6.75. The van der Waals surface area contributed by atoms with E-state index in [-0.39, 0.29) is 18.0 Å². The summed E-state index contributed by atoms with van der Waals surface area (Å²) in [6.45, 7) is 6.05. The summed E-state index contributed by atoms with van der Waals surface area (Å²) in [6.07, 6.45) is 3.19. The number of carbonyl (C=O) groups excluding carboxylic acids is 1. The zero-order valence-corrected chi connectivity index (χ0v) is 12.9. The molecule has 0 atom stereocenters. The third-order valence-electron chi connectivity index (χ3n) is 5.21. The maximum absolute atomic E-state index is 11.9. The van der Waals surface area contributed by atoms with Gasteiger partial charge in [0.1, 0.15) is 0 Å². The van der Waals surface area contributed by atoms with Gasteiger partial charge in [-0.1, -0.05) is 13.8 Å². The molecule has 0 unspecified atom stereocenters. The molecule has 6 nitrogen and oxygen atoms in total. The van der Waals surface area contributed by atoms with Crippen molar-refractivity contribution in [3.05, 3.63) is 0 Å². The fourth-order valence-corrected chi connectivity index (χ4v) is 2.92. The lowest BCUT2D eigenvalue weighted by Crippen LogP contribution is -2.49. The van der Waals surface area contributed by atoms with Gasteiger partial charge in [-0.3, -0.25) is 4.79 Å². The van der Waals surface area contributed by atoms with Gasteiger partial charge in [-0.25, -0.2) is 4.79 Å². The van der Waals surface area contributed by atoms with Gasteiger partial charge in [0.05, 0.1) is 5.41 Å². The highest BCUT2D eigenvalue weighted by Crippen LogP contribution is 2.51. The molecule has 0 aromatic heterocycles. The Kier molecular flexibility index (Phi) is 4.76. The Bertz CT molecular complexity index is 398. The Morgan fingerprint density at radius 3 is 2.14 bits per heavy atom. The molecule has 2 amide bonds. The van der Waals surface area contributed by atoms with Gasteiger partial charge in [-0.15, -0.1) is 0 Å². The van der Waals surface area contributed by atoms with Crippen molar-refractivity contribution >= 4 is 12.0 Å². The lowest BCUT2D eigenvalue weighted by Gasteiger charge is -2.33. The average molecular weight is 298 g/mol. The van der Waals surface area contributed by atoms with E-state index in [1.165, 1.54) is 0 Å². The molecule has 0 spiro atoms. The van der Waals surface area contributed by atoms with E-state index in [4.69, 9.17) is 4.74 Å². The van der Waals surface area contributed by atoms with Crippen molar-refractivity contribution in [2.24, 2.45) is 16.7 Å². The number of rotatable bonds is 6. The predicted molar refractivity (Wildman–Crippen MR) is 78.0 cm³/mol. The van der Waals surface area contributed by atoms with Crippen LogP contribution in [0, 0.1) is 16.7 Å². The third kappa shape index (κ3) is 3.67. The predicted octanol–water partition coefficient (Wildman–Crippen LogP) is 1.60. The van der Waals surface area contributed by atoms with Crippen molar-refractivity contribution < 1.29 is 19.4 Å². The van der Waals surface area contributed by atoms with Crippen LogP contribution in [-0.2, 0) is 9.53 Å². The molecule has 0 aromatic carbocycles. The molecular weight excluding hydrogens is 272 g/mol. The topological polar surface area (TPSA) is 87.7 Å². The van der Waals surface area contributed by atoms with Crippen LogP contribution in [0.15, 0.2) is 0 Å². The Morgan fingerprint density at radius 1 is 1.10 bits per heavy atom. The Labute approximate surface area is 125 Å². The Morgan fingerprint density at radius 2 is 1.67 bits per heavy atom. The molecular formula is C15H26N2O4. The van der Waals surface area contributed by atoms with Crippen LogP contribution < -0.4 is 10.6 Å². The van der Waals surface area contributed by atoms with Gasteiger partial charge in [0.25, 0.3) is 0 Å². The molecule has 2 rings (SSSR count). The van der Waals surface area contributed by atoms with E-state index in [2.05, 4.69) is 24.5 Å². The number of aliphatic carboxylic acids is 1. The van der Waals surface area contributed by atoms with E-state index in [1.54, 1.807) is 0 Å². The zero-order chi connectivity index (χ0) is 15.5. The molecule has 6 heteroatoms.